The van der Waals surface area contributed by atoms with Crippen molar-refractivity contribution < 1.29 is 21.1 Å². The first-order valence-electron chi connectivity index (χ1n) is 14.1. The molecule has 2 aromatic carbocycles. The van der Waals surface area contributed by atoms with E-state index in [0.29, 0.717) is 23.7 Å². The Morgan fingerprint density at radius 3 is 1.15 bits per heavy atom. The molecule has 0 fully saturated rings. The van der Waals surface area contributed by atoms with E-state index in [1.807, 2.05) is 0 Å². The van der Waals surface area contributed by atoms with E-state index in [4.69, 9.17) is 9.97 Å². The quantitative estimate of drug-likeness (QED) is 0.199. The van der Waals surface area contributed by atoms with Gasteiger partial charge in [-0.3, -0.25) is 0 Å². The van der Waals surface area contributed by atoms with Crippen molar-refractivity contribution in [1.82, 2.24) is 9.97 Å². The van der Waals surface area contributed by atoms with Crippen molar-refractivity contribution in [1.29, 1.82) is 0 Å². The third kappa shape index (κ3) is 4.54. The second-order valence-corrected chi connectivity index (χ2v) is 12.1. The summed E-state index contributed by atoms with van der Waals surface area (Å²) >= 11 is 0. The molecule has 1 aliphatic rings. The van der Waals surface area contributed by atoms with E-state index < -0.39 is 0 Å². The second kappa shape index (κ2) is 11.1. The average molecular weight is 696 g/mol. The number of benzene rings is 2. The van der Waals surface area contributed by atoms with Crippen LogP contribution in [-0.2, 0) is 31.9 Å². The van der Waals surface area contributed by atoms with Crippen molar-refractivity contribution in [2.75, 3.05) is 0 Å². The third-order valence-electron chi connectivity index (χ3n) is 9.02. The molecule has 0 radical (unpaired) electrons. The van der Waals surface area contributed by atoms with Crippen LogP contribution in [0.1, 0.15) is 77.9 Å². The zero-order chi connectivity index (χ0) is 27.2. The van der Waals surface area contributed by atoms with Crippen LogP contribution in [0.3, 0.4) is 0 Å². The fourth-order valence-corrected chi connectivity index (χ4v) is 7.39. The fraction of sp³-hybridized carbons (Fsp3) is 0.389. The van der Waals surface area contributed by atoms with E-state index in [1.54, 1.807) is 0 Å². The standard InChI is InChI=1S/C36H40N2.Pt/c1-23(2)35(24(3)4)29-15-9-13-27(21-29)32-18-12-20-34(38-32)36(25(5)6,26(7)8)30-16-10-14-28(22-30)31-17-11-19-33(35)37-31;/h9-20,23-26H,1-8H3;/q-2;+2. The molecule has 2 nitrogen and oxygen atoms in total. The van der Waals surface area contributed by atoms with Gasteiger partial charge in [-0.1, -0.05) is 79.7 Å². The summed E-state index contributed by atoms with van der Waals surface area (Å²) < 4.78 is 0. The van der Waals surface area contributed by atoms with E-state index in [9.17, 15) is 0 Å². The molecule has 0 saturated carbocycles. The Morgan fingerprint density at radius 2 is 0.821 bits per heavy atom. The minimum atomic E-state index is -0.301. The summed E-state index contributed by atoms with van der Waals surface area (Å²) in [6.07, 6.45) is 0. The molecule has 5 rings (SSSR count). The molecule has 204 valence electrons. The minimum Gasteiger partial charge on any atom is -0.300 e. The van der Waals surface area contributed by atoms with Gasteiger partial charge in [0, 0.05) is 22.2 Å². The number of nitrogens with zero attached hydrogens (tertiary/aromatic N) is 2. The molecule has 0 aliphatic carbocycles. The molecule has 8 bridgehead atoms. The fourth-order valence-electron chi connectivity index (χ4n) is 7.39. The van der Waals surface area contributed by atoms with E-state index in [1.165, 1.54) is 11.1 Å². The number of hydrogen-bond acceptors (Lipinski definition) is 2. The monoisotopic (exact) mass is 695 g/mol. The Hall–Kier alpha value is -2.57. The first kappa shape index (κ1) is 29.4. The number of rotatable bonds is 4. The smallest absolute Gasteiger partial charge is 0.300 e. The summed E-state index contributed by atoms with van der Waals surface area (Å²) in [4.78, 5) is 10.8. The van der Waals surface area contributed by atoms with E-state index in [2.05, 4.69) is 140 Å². The van der Waals surface area contributed by atoms with Gasteiger partial charge in [-0.05, 0) is 47.2 Å². The van der Waals surface area contributed by atoms with Gasteiger partial charge < -0.3 is 9.97 Å². The van der Waals surface area contributed by atoms with Gasteiger partial charge in [-0.15, -0.1) is 70.8 Å². The van der Waals surface area contributed by atoms with Gasteiger partial charge in [0.1, 0.15) is 0 Å². The summed E-state index contributed by atoms with van der Waals surface area (Å²) in [5, 5.41) is 0. The number of aromatic nitrogens is 2. The molecule has 3 heteroatoms. The van der Waals surface area contributed by atoms with Gasteiger partial charge in [0.2, 0.25) is 0 Å². The molecule has 39 heavy (non-hydrogen) atoms. The molecule has 2 aromatic heterocycles. The van der Waals surface area contributed by atoms with Crippen LogP contribution in [-0.4, -0.2) is 9.97 Å². The van der Waals surface area contributed by atoms with Crippen molar-refractivity contribution in [3.63, 3.8) is 0 Å². The zero-order valence-corrected chi connectivity index (χ0v) is 26.7. The van der Waals surface area contributed by atoms with Crippen molar-refractivity contribution in [2.24, 2.45) is 23.7 Å². The Labute approximate surface area is 250 Å². The van der Waals surface area contributed by atoms with Crippen LogP contribution in [0.5, 0.6) is 0 Å². The molecular weight excluding hydrogens is 655 g/mol. The predicted octanol–water partition coefficient (Wildman–Crippen LogP) is 8.92. The normalized spacial score (nSPS) is 15.3. The van der Waals surface area contributed by atoms with Gasteiger partial charge in [-0.2, -0.15) is 0 Å². The topological polar surface area (TPSA) is 25.8 Å². The molecule has 0 unspecified atom stereocenters. The van der Waals surface area contributed by atoms with E-state index >= 15 is 0 Å². The Morgan fingerprint density at radius 1 is 0.487 bits per heavy atom. The van der Waals surface area contributed by atoms with Crippen molar-refractivity contribution in [3.8, 4) is 22.5 Å². The van der Waals surface area contributed by atoms with Crippen LogP contribution in [0.2, 0.25) is 0 Å². The van der Waals surface area contributed by atoms with Crippen LogP contribution in [0.15, 0.2) is 72.8 Å². The van der Waals surface area contributed by atoms with Crippen molar-refractivity contribution in [3.05, 3.63) is 107 Å². The largest absolute Gasteiger partial charge is 2.00 e. The maximum Gasteiger partial charge on any atom is 2.00 e. The van der Waals surface area contributed by atoms with Crippen LogP contribution in [0, 0.1) is 35.8 Å². The van der Waals surface area contributed by atoms with E-state index in [0.717, 1.165) is 33.9 Å². The molecular formula is C36H40N2Pt. The summed E-state index contributed by atoms with van der Waals surface area (Å²) in [7, 11) is 0. The van der Waals surface area contributed by atoms with Crippen LogP contribution in [0.4, 0.5) is 0 Å². The summed E-state index contributed by atoms with van der Waals surface area (Å²) in [6.45, 7) is 18.5. The molecule has 0 amide bonds. The Balaban J connectivity index is 0.00000353. The maximum atomic E-state index is 5.38. The summed E-state index contributed by atoms with van der Waals surface area (Å²) in [6, 6.07) is 33.8. The second-order valence-electron chi connectivity index (χ2n) is 12.1. The number of fused-ring (bicyclic) bond motifs is 10. The van der Waals surface area contributed by atoms with Gasteiger partial charge in [0.15, 0.2) is 0 Å². The van der Waals surface area contributed by atoms with Crippen LogP contribution >= 0.6 is 0 Å². The van der Waals surface area contributed by atoms with Gasteiger partial charge in [0.25, 0.3) is 0 Å². The van der Waals surface area contributed by atoms with Gasteiger partial charge in [0.05, 0.1) is 0 Å². The van der Waals surface area contributed by atoms with E-state index in [-0.39, 0.29) is 31.9 Å². The maximum absolute atomic E-state index is 5.38. The van der Waals surface area contributed by atoms with Crippen LogP contribution in [0.25, 0.3) is 22.5 Å². The predicted molar refractivity (Wildman–Crippen MR) is 158 cm³/mol. The van der Waals surface area contributed by atoms with Crippen molar-refractivity contribution in [2.45, 2.75) is 66.2 Å². The average Bonchev–Trinajstić information content (AvgIpc) is 2.89. The SMILES string of the molecule is CC(C)C1(C(C)C)c2[c-]c(ccc2)-c2cccc(n2)C(C(C)C)(C(C)C)c2[c-]c(ccc2)-c2cccc1n2.[Pt+2]. The Bertz CT molecular complexity index is 1230. The third-order valence-corrected chi connectivity index (χ3v) is 9.02. The first-order chi connectivity index (χ1) is 18.1. The summed E-state index contributed by atoms with van der Waals surface area (Å²) in [5.41, 5.74) is 7.91. The number of pyridine rings is 2. The molecule has 1 aliphatic heterocycles. The molecule has 3 heterocycles. The van der Waals surface area contributed by atoms with Crippen LogP contribution < -0.4 is 0 Å². The molecule has 0 spiro atoms. The first-order valence-corrected chi connectivity index (χ1v) is 14.1. The zero-order valence-electron chi connectivity index (χ0n) is 24.4. The Kier molecular flexibility index (Phi) is 8.39. The minimum absolute atomic E-state index is 0. The van der Waals surface area contributed by atoms with Crippen molar-refractivity contribution >= 4 is 0 Å². The van der Waals surface area contributed by atoms with Gasteiger partial charge >= 0.3 is 21.1 Å². The van der Waals surface area contributed by atoms with Gasteiger partial charge in [-0.25, -0.2) is 0 Å². The number of hydrogen-bond donors (Lipinski definition) is 0. The summed E-state index contributed by atoms with van der Waals surface area (Å²) in [5.74, 6) is 1.25. The molecule has 0 atom stereocenters. The molecule has 0 N–H and O–H groups in total. The molecule has 4 aromatic rings. The molecule has 0 saturated heterocycles.